The number of aromatic nitrogens is 3. The predicted octanol–water partition coefficient (Wildman–Crippen LogP) is 2.98. The Hall–Kier alpha value is -2.39. The van der Waals surface area contributed by atoms with Gasteiger partial charge in [0.05, 0.1) is 10.4 Å². The molecule has 0 saturated carbocycles. The number of likely N-dealkylation sites (N-methyl/N-ethyl adjacent to an activating group) is 1. The number of halogens is 2. The average Bonchev–Trinajstić information content (AvgIpc) is 3.10. The molecule has 1 amide bonds. The normalized spacial score (nSPS) is 11.5. The van der Waals surface area contributed by atoms with Crippen molar-refractivity contribution in [2.24, 2.45) is 0 Å². The van der Waals surface area contributed by atoms with E-state index in [-0.39, 0.29) is 18.0 Å². The maximum atomic E-state index is 14.0. The van der Waals surface area contributed by atoms with Gasteiger partial charge in [0, 0.05) is 24.8 Å². The quantitative estimate of drug-likeness (QED) is 0.646. The highest BCUT2D eigenvalue weighted by Crippen LogP contribution is 2.31. The number of anilines is 1. The molecule has 9 heteroatoms. The maximum absolute atomic E-state index is 14.0. The van der Waals surface area contributed by atoms with Crippen LogP contribution < -0.4 is 4.90 Å². The lowest BCUT2D eigenvalue weighted by Gasteiger charge is -2.22. The van der Waals surface area contributed by atoms with Crippen LogP contribution in [0.5, 0.6) is 0 Å². The molecule has 27 heavy (non-hydrogen) atoms. The number of carbonyl (C=O) groups is 1. The minimum absolute atomic E-state index is 0.0554. The largest absolute Gasteiger partial charge is 0.308 e. The smallest absolute Gasteiger partial charge is 0.250 e. The third kappa shape index (κ3) is 4.30. The third-order valence-corrected chi connectivity index (χ3v) is 5.12. The van der Waals surface area contributed by atoms with E-state index in [1.807, 2.05) is 38.9 Å². The zero-order valence-corrected chi connectivity index (χ0v) is 16.5. The molecule has 0 saturated heterocycles. The van der Waals surface area contributed by atoms with Gasteiger partial charge in [-0.05, 0) is 40.1 Å². The first-order valence-corrected chi connectivity index (χ1v) is 9.28. The lowest BCUT2D eigenvalue weighted by molar-refractivity contribution is -0.119. The minimum atomic E-state index is -0.731. The van der Waals surface area contributed by atoms with Crippen LogP contribution in [-0.2, 0) is 11.3 Å². The molecule has 0 atom stereocenters. The van der Waals surface area contributed by atoms with Crippen LogP contribution in [0.25, 0.3) is 10.2 Å². The summed E-state index contributed by atoms with van der Waals surface area (Å²) < 4.78 is 29.5. The van der Waals surface area contributed by atoms with Gasteiger partial charge in [0.15, 0.2) is 10.9 Å². The summed E-state index contributed by atoms with van der Waals surface area (Å²) in [4.78, 5) is 20.7. The van der Waals surface area contributed by atoms with Gasteiger partial charge in [-0.15, -0.1) is 0 Å². The first kappa shape index (κ1) is 19.4. The number of hydrogen-bond donors (Lipinski definition) is 0. The summed E-state index contributed by atoms with van der Waals surface area (Å²) in [5.41, 5.74) is 1.79. The van der Waals surface area contributed by atoms with E-state index in [0.717, 1.165) is 28.8 Å². The molecule has 3 rings (SSSR count). The fourth-order valence-corrected chi connectivity index (χ4v) is 3.78. The number of thiazole rings is 1. The first-order valence-electron chi connectivity index (χ1n) is 8.46. The molecule has 1 aromatic carbocycles. The fraction of sp³-hybridized carbons (Fsp3) is 0.389. The zero-order valence-electron chi connectivity index (χ0n) is 15.7. The Bertz CT molecular complexity index is 982. The summed E-state index contributed by atoms with van der Waals surface area (Å²) in [6.07, 6.45) is 0. The average molecular weight is 393 g/mol. The van der Waals surface area contributed by atoms with E-state index in [4.69, 9.17) is 0 Å². The Morgan fingerprint density at radius 2 is 1.93 bits per heavy atom. The van der Waals surface area contributed by atoms with Crippen LogP contribution in [0.15, 0.2) is 18.2 Å². The van der Waals surface area contributed by atoms with Crippen molar-refractivity contribution < 1.29 is 13.6 Å². The van der Waals surface area contributed by atoms with E-state index in [9.17, 15) is 13.6 Å². The Kier molecular flexibility index (Phi) is 5.52. The molecule has 3 aromatic rings. The van der Waals surface area contributed by atoms with Crippen molar-refractivity contribution >= 4 is 32.6 Å². The van der Waals surface area contributed by atoms with Gasteiger partial charge >= 0.3 is 0 Å². The minimum Gasteiger partial charge on any atom is -0.308 e. The molecule has 0 unspecified atom stereocenters. The second-order valence-electron chi connectivity index (χ2n) is 6.66. The molecule has 0 bridgehead atoms. The van der Waals surface area contributed by atoms with Gasteiger partial charge in [0.2, 0.25) is 0 Å². The standard InChI is InChI=1S/C18H21F2N5OS/c1-11-7-12(2)25(22-11)10-16(26)24(6-5-23(3)4)18-21-17-14(20)8-13(19)9-15(17)27-18/h7-9H,5-6,10H2,1-4H3. The fourth-order valence-electron chi connectivity index (χ4n) is 2.74. The number of rotatable bonds is 6. The molecule has 0 N–H and O–H groups in total. The van der Waals surface area contributed by atoms with E-state index in [2.05, 4.69) is 10.1 Å². The number of hydrogen-bond acceptors (Lipinski definition) is 5. The summed E-state index contributed by atoms with van der Waals surface area (Å²) in [7, 11) is 3.80. The van der Waals surface area contributed by atoms with E-state index in [0.29, 0.717) is 22.9 Å². The molecule has 0 radical (unpaired) electrons. The summed E-state index contributed by atoms with van der Waals surface area (Å²) in [6, 6.07) is 3.93. The number of nitrogens with zero attached hydrogens (tertiary/aromatic N) is 5. The molecule has 144 valence electrons. The van der Waals surface area contributed by atoms with Crippen molar-refractivity contribution in [1.29, 1.82) is 0 Å². The highest BCUT2D eigenvalue weighted by Gasteiger charge is 2.22. The zero-order chi connectivity index (χ0) is 19.7. The number of fused-ring (bicyclic) bond motifs is 1. The van der Waals surface area contributed by atoms with Gasteiger partial charge in [-0.2, -0.15) is 5.10 Å². The van der Waals surface area contributed by atoms with Crippen molar-refractivity contribution in [2.45, 2.75) is 20.4 Å². The number of amides is 1. The summed E-state index contributed by atoms with van der Waals surface area (Å²) >= 11 is 1.10. The highest BCUT2D eigenvalue weighted by molar-refractivity contribution is 7.22. The van der Waals surface area contributed by atoms with Crippen molar-refractivity contribution in [1.82, 2.24) is 19.7 Å². The molecule has 6 nitrogen and oxygen atoms in total. The van der Waals surface area contributed by atoms with Crippen LogP contribution in [0.3, 0.4) is 0 Å². The van der Waals surface area contributed by atoms with Crippen LogP contribution >= 0.6 is 11.3 Å². The first-order chi connectivity index (χ1) is 12.7. The molecule has 2 aromatic heterocycles. The van der Waals surface area contributed by atoms with Gasteiger partial charge in [0.25, 0.3) is 5.91 Å². The van der Waals surface area contributed by atoms with Gasteiger partial charge in [-0.25, -0.2) is 13.8 Å². The van der Waals surface area contributed by atoms with Crippen LogP contribution in [0, 0.1) is 25.5 Å². The molecule has 0 aliphatic heterocycles. The summed E-state index contributed by atoms with van der Waals surface area (Å²) in [5.74, 6) is -1.60. The predicted molar refractivity (Wildman–Crippen MR) is 102 cm³/mol. The van der Waals surface area contributed by atoms with Crippen molar-refractivity contribution in [2.75, 3.05) is 32.1 Å². The van der Waals surface area contributed by atoms with Crippen LogP contribution in [0.4, 0.5) is 13.9 Å². The molecule has 2 heterocycles. The SMILES string of the molecule is Cc1cc(C)n(CC(=O)N(CCN(C)C)c2nc3c(F)cc(F)cc3s2)n1. The third-order valence-electron chi connectivity index (χ3n) is 4.09. The second kappa shape index (κ2) is 7.69. The molecule has 0 spiro atoms. The van der Waals surface area contributed by atoms with Gasteiger partial charge in [-0.1, -0.05) is 11.3 Å². The number of benzene rings is 1. The maximum Gasteiger partial charge on any atom is 0.250 e. The Labute approximate surface area is 160 Å². The second-order valence-corrected chi connectivity index (χ2v) is 7.67. The molecule has 0 aliphatic rings. The van der Waals surface area contributed by atoms with Gasteiger partial charge < -0.3 is 4.90 Å². The monoisotopic (exact) mass is 393 g/mol. The van der Waals surface area contributed by atoms with Crippen molar-refractivity contribution in [3.63, 3.8) is 0 Å². The van der Waals surface area contributed by atoms with E-state index in [1.54, 1.807) is 4.68 Å². The topological polar surface area (TPSA) is 54.3 Å². The Morgan fingerprint density at radius 1 is 1.19 bits per heavy atom. The summed E-state index contributed by atoms with van der Waals surface area (Å²) in [5, 5.41) is 4.67. The molecular formula is C18H21F2N5OS. The Morgan fingerprint density at radius 3 is 2.56 bits per heavy atom. The van der Waals surface area contributed by atoms with E-state index >= 15 is 0 Å². The van der Waals surface area contributed by atoms with Crippen molar-refractivity contribution in [3.8, 4) is 0 Å². The van der Waals surface area contributed by atoms with Gasteiger partial charge in [0.1, 0.15) is 17.9 Å². The van der Waals surface area contributed by atoms with E-state index in [1.165, 1.54) is 11.0 Å². The lowest BCUT2D eigenvalue weighted by atomic mass is 10.3. The van der Waals surface area contributed by atoms with Crippen LogP contribution in [0.2, 0.25) is 0 Å². The number of carbonyl (C=O) groups excluding carboxylic acids is 1. The Balaban J connectivity index is 1.94. The molecule has 0 fully saturated rings. The van der Waals surface area contributed by atoms with Crippen LogP contribution in [0.1, 0.15) is 11.4 Å². The lowest BCUT2D eigenvalue weighted by Crippen LogP contribution is -2.39. The van der Waals surface area contributed by atoms with Gasteiger partial charge in [-0.3, -0.25) is 14.4 Å². The van der Waals surface area contributed by atoms with Crippen LogP contribution in [-0.4, -0.2) is 52.8 Å². The summed E-state index contributed by atoms with van der Waals surface area (Å²) in [6.45, 7) is 4.79. The molecule has 0 aliphatic carbocycles. The van der Waals surface area contributed by atoms with Crippen molar-refractivity contribution in [3.05, 3.63) is 41.2 Å². The molecular weight excluding hydrogens is 372 g/mol. The van der Waals surface area contributed by atoms with E-state index < -0.39 is 11.6 Å². The number of aryl methyl sites for hydroxylation is 2. The highest BCUT2D eigenvalue weighted by atomic mass is 32.1.